The number of benzene rings is 2. The smallest absolute Gasteiger partial charge is 0.228 e. The average molecular weight is 371 g/mol. The molecule has 4 heteroatoms. The van der Waals surface area contributed by atoms with Crippen LogP contribution in [0.1, 0.15) is 43.7 Å². The number of likely N-dealkylation sites (tertiary alicyclic amines) is 1. The first-order valence-corrected chi connectivity index (χ1v) is 9.78. The Kier molecular flexibility index (Phi) is 6.33. The molecule has 1 aliphatic rings. The standard InChI is InChI=1S/C22H27ClN2O/c1-16(2)19-10-4-6-12-21(19)24-22(26)18-9-7-13-25(15-18)14-17-8-3-5-11-20(17)23/h3-6,8,10-12,16,18H,7,9,13-15H2,1-2H3,(H,24,26)/t18-/m0/s1. The van der Waals surface area contributed by atoms with E-state index in [1.54, 1.807) is 0 Å². The molecule has 26 heavy (non-hydrogen) atoms. The molecular formula is C22H27ClN2O. The number of piperidine rings is 1. The van der Waals surface area contributed by atoms with E-state index in [1.165, 1.54) is 5.56 Å². The first kappa shape index (κ1) is 18.9. The zero-order valence-corrected chi connectivity index (χ0v) is 16.3. The van der Waals surface area contributed by atoms with Crippen molar-refractivity contribution in [1.82, 2.24) is 4.90 Å². The Hall–Kier alpha value is -1.84. The van der Waals surface area contributed by atoms with Crippen LogP contribution < -0.4 is 5.32 Å². The zero-order valence-electron chi connectivity index (χ0n) is 15.5. The van der Waals surface area contributed by atoms with E-state index in [-0.39, 0.29) is 11.8 Å². The predicted molar refractivity (Wildman–Crippen MR) is 109 cm³/mol. The number of carbonyl (C=O) groups excluding carboxylic acids is 1. The summed E-state index contributed by atoms with van der Waals surface area (Å²) in [6.07, 6.45) is 1.98. The quantitative estimate of drug-likeness (QED) is 0.773. The Morgan fingerprint density at radius 3 is 2.69 bits per heavy atom. The van der Waals surface area contributed by atoms with Crippen LogP contribution in [0.5, 0.6) is 0 Å². The van der Waals surface area contributed by atoms with E-state index < -0.39 is 0 Å². The number of para-hydroxylation sites is 1. The highest BCUT2D eigenvalue weighted by Crippen LogP contribution is 2.26. The van der Waals surface area contributed by atoms with Crippen molar-refractivity contribution in [3.8, 4) is 0 Å². The highest BCUT2D eigenvalue weighted by atomic mass is 35.5. The number of carbonyl (C=O) groups is 1. The molecule has 138 valence electrons. The summed E-state index contributed by atoms with van der Waals surface area (Å²) < 4.78 is 0. The number of nitrogens with zero attached hydrogens (tertiary/aromatic N) is 1. The molecular weight excluding hydrogens is 344 g/mol. The van der Waals surface area contributed by atoms with Crippen LogP contribution in [0.15, 0.2) is 48.5 Å². The predicted octanol–water partition coefficient (Wildman–Crippen LogP) is 5.31. The lowest BCUT2D eigenvalue weighted by atomic mass is 9.95. The van der Waals surface area contributed by atoms with Gasteiger partial charge in [0.25, 0.3) is 0 Å². The van der Waals surface area contributed by atoms with Crippen molar-refractivity contribution in [3.05, 3.63) is 64.7 Å². The maximum Gasteiger partial charge on any atom is 0.228 e. The topological polar surface area (TPSA) is 32.3 Å². The van der Waals surface area contributed by atoms with E-state index in [2.05, 4.69) is 36.2 Å². The largest absolute Gasteiger partial charge is 0.326 e. The molecule has 0 bridgehead atoms. The van der Waals surface area contributed by atoms with Gasteiger partial charge in [-0.3, -0.25) is 9.69 Å². The molecule has 3 rings (SSSR count). The summed E-state index contributed by atoms with van der Waals surface area (Å²) >= 11 is 6.29. The van der Waals surface area contributed by atoms with Gasteiger partial charge in [-0.2, -0.15) is 0 Å². The van der Waals surface area contributed by atoms with Gasteiger partial charge in [-0.15, -0.1) is 0 Å². The molecule has 2 aromatic rings. The molecule has 3 nitrogen and oxygen atoms in total. The molecule has 0 spiro atoms. The summed E-state index contributed by atoms with van der Waals surface area (Å²) in [4.78, 5) is 15.2. The Morgan fingerprint density at radius 2 is 1.92 bits per heavy atom. The molecule has 1 aliphatic heterocycles. The van der Waals surface area contributed by atoms with Crippen LogP contribution >= 0.6 is 11.6 Å². The van der Waals surface area contributed by atoms with Gasteiger partial charge in [0, 0.05) is 23.8 Å². The highest BCUT2D eigenvalue weighted by molar-refractivity contribution is 6.31. The van der Waals surface area contributed by atoms with Gasteiger partial charge < -0.3 is 5.32 Å². The van der Waals surface area contributed by atoms with Crippen molar-refractivity contribution in [2.24, 2.45) is 5.92 Å². The molecule has 1 saturated heterocycles. The SMILES string of the molecule is CC(C)c1ccccc1NC(=O)[C@H]1CCCN(Cc2ccccc2Cl)C1. The number of hydrogen-bond acceptors (Lipinski definition) is 2. The summed E-state index contributed by atoms with van der Waals surface area (Å²) in [6.45, 7) is 6.89. The summed E-state index contributed by atoms with van der Waals surface area (Å²) in [5.74, 6) is 0.531. The van der Waals surface area contributed by atoms with Gasteiger partial charge in [-0.25, -0.2) is 0 Å². The van der Waals surface area contributed by atoms with Crippen LogP contribution in [-0.4, -0.2) is 23.9 Å². The van der Waals surface area contributed by atoms with Crippen molar-refractivity contribution in [2.45, 2.75) is 39.2 Å². The monoisotopic (exact) mass is 370 g/mol. The fourth-order valence-corrected chi connectivity index (χ4v) is 3.83. The van der Waals surface area contributed by atoms with Gasteiger partial charge in [0.05, 0.1) is 5.92 Å². The molecule has 2 aromatic carbocycles. The average Bonchev–Trinajstić information content (AvgIpc) is 2.64. The number of nitrogens with one attached hydrogen (secondary N) is 1. The van der Waals surface area contributed by atoms with Gasteiger partial charge in [-0.05, 0) is 48.6 Å². The van der Waals surface area contributed by atoms with E-state index in [0.29, 0.717) is 5.92 Å². The maximum atomic E-state index is 12.8. The second-order valence-electron chi connectivity index (χ2n) is 7.40. The second-order valence-corrected chi connectivity index (χ2v) is 7.80. The lowest BCUT2D eigenvalue weighted by Gasteiger charge is -2.32. The summed E-state index contributed by atoms with van der Waals surface area (Å²) in [6, 6.07) is 16.0. The molecule has 1 fully saturated rings. The highest BCUT2D eigenvalue weighted by Gasteiger charge is 2.26. The first-order valence-electron chi connectivity index (χ1n) is 9.40. The van der Waals surface area contributed by atoms with Crippen LogP contribution in [0, 0.1) is 5.92 Å². The van der Waals surface area contributed by atoms with E-state index >= 15 is 0 Å². The van der Waals surface area contributed by atoms with Gasteiger partial charge in [0.2, 0.25) is 5.91 Å². The van der Waals surface area contributed by atoms with E-state index in [9.17, 15) is 4.79 Å². The van der Waals surface area contributed by atoms with Crippen LogP contribution in [0.4, 0.5) is 5.69 Å². The van der Waals surface area contributed by atoms with E-state index in [4.69, 9.17) is 11.6 Å². The minimum absolute atomic E-state index is 0.0199. The van der Waals surface area contributed by atoms with Crippen molar-refractivity contribution in [1.29, 1.82) is 0 Å². The summed E-state index contributed by atoms with van der Waals surface area (Å²) in [5.41, 5.74) is 3.25. The van der Waals surface area contributed by atoms with Crippen LogP contribution in [0.2, 0.25) is 5.02 Å². The minimum Gasteiger partial charge on any atom is -0.326 e. The van der Waals surface area contributed by atoms with Crippen molar-refractivity contribution >= 4 is 23.2 Å². The molecule has 0 unspecified atom stereocenters. The third-order valence-corrected chi connectivity index (χ3v) is 5.44. The number of hydrogen-bond donors (Lipinski definition) is 1. The Morgan fingerprint density at radius 1 is 1.19 bits per heavy atom. The molecule has 1 heterocycles. The Bertz CT molecular complexity index is 759. The van der Waals surface area contributed by atoms with Crippen molar-refractivity contribution in [3.63, 3.8) is 0 Å². The van der Waals surface area contributed by atoms with Gasteiger partial charge in [-0.1, -0.05) is 61.8 Å². The lowest BCUT2D eigenvalue weighted by molar-refractivity contribution is -0.121. The molecule has 0 aromatic heterocycles. The second kappa shape index (κ2) is 8.70. The molecule has 0 saturated carbocycles. The molecule has 1 N–H and O–H groups in total. The van der Waals surface area contributed by atoms with E-state index in [1.807, 2.05) is 36.4 Å². The van der Waals surface area contributed by atoms with Crippen LogP contribution in [0.25, 0.3) is 0 Å². The number of amides is 1. The molecule has 1 atom stereocenters. The number of rotatable bonds is 5. The zero-order chi connectivity index (χ0) is 18.5. The minimum atomic E-state index is 0.0199. The van der Waals surface area contributed by atoms with Crippen molar-refractivity contribution < 1.29 is 4.79 Å². The molecule has 0 aliphatic carbocycles. The van der Waals surface area contributed by atoms with E-state index in [0.717, 1.165) is 48.7 Å². The van der Waals surface area contributed by atoms with Crippen LogP contribution in [0.3, 0.4) is 0 Å². The normalized spacial score (nSPS) is 18.1. The fourth-order valence-electron chi connectivity index (χ4n) is 3.63. The molecule has 1 amide bonds. The number of halogens is 1. The maximum absolute atomic E-state index is 12.8. The van der Waals surface area contributed by atoms with Crippen LogP contribution in [-0.2, 0) is 11.3 Å². The molecule has 0 radical (unpaired) electrons. The Balaban J connectivity index is 1.64. The lowest BCUT2D eigenvalue weighted by Crippen LogP contribution is -2.40. The summed E-state index contributed by atoms with van der Waals surface area (Å²) in [7, 11) is 0. The van der Waals surface area contributed by atoms with Gasteiger partial charge >= 0.3 is 0 Å². The van der Waals surface area contributed by atoms with Crippen molar-refractivity contribution in [2.75, 3.05) is 18.4 Å². The Labute approximate surface area is 161 Å². The third-order valence-electron chi connectivity index (χ3n) is 5.07. The van der Waals surface area contributed by atoms with Gasteiger partial charge in [0.15, 0.2) is 0 Å². The first-order chi connectivity index (χ1) is 12.5. The third kappa shape index (κ3) is 4.66. The summed E-state index contributed by atoms with van der Waals surface area (Å²) in [5, 5.41) is 3.96. The van der Waals surface area contributed by atoms with Gasteiger partial charge in [0.1, 0.15) is 0 Å². The number of anilines is 1. The fraction of sp³-hybridized carbons (Fsp3) is 0.409.